The first-order valence-corrected chi connectivity index (χ1v) is 8.03. The molecule has 0 aliphatic heterocycles. The highest BCUT2D eigenvalue weighted by molar-refractivity contribution is 5.53. The van der Waals surface area contributed by atoms with E-state index in [4.69, 9.17) is 15.2 Å². The van der Waals surface area contributed by atoms with Crippen LogP contribution in [0.15, 0.2) is 30.5 Å². The molecule has 1 fully saturated rings. The van der Waals surface area contributed by atoms with E-state index in [1.165, 1.54) is 0 Å². The molecule has 0 atom stereocenters. The molecular weight excluding hydrogens is 308 g/mol. The highest BCUT2D eigenvalue weighted by Gasteiger charge is 2.21. The predicted octanol–water partition coefficient (Wildman–Crippen LogP) is 2.58. The first-order valence-electron chi connectivity index (χ1n) is 8.03. The van der Waals surface area contributed by atoms with Gasteiger partial charge in [0.1, 0.15) is 11.5 Å². The summed E-state index contributed by atoms with van der Waals surface area (Å²) in [5.41, 5.74) is 5.71. The number of ether oxygens (including phenoxy) is 2. The van der Waals surface area contributed by atoms with Crippen LogP contribution in [0, 0.1) is 0 Å². The normalized spacial score (nSPS) is 20.4. The first-order chi connectivity index (χ1) is 11.6. The Morgan fingerprint density at radius 2 is 1.79 bits per heavy atom. The molecule has 128 valence electrons. The van der Waals surface area contributed by atoms with Crippen molar-refractivity contribution in [1.82, 2.24) is 9.97 Å². The zero-order valence-corrected chi connectivity index (χ0v) is 13.6. The van der Waals surface area contributed by atoms with Crippen LogP contribution in [0.1, 0.15) is 25.7 Å². The van der Waals surface area contributed by atoms with Gasteiger partial charge in [0.25, 0.3) is 0 Å². The Labute approximate surface area is 140 Å². The summed E-state index contributed by atoms with van der Waals surface area (Å²) in [5, 5.41) is 13.0. The summed E-state index contributed by atoms with van der Waals surface area (Å²) in [5.74, 6) is 2.69. The molecule has 7 nitrogen and oxygen atoms in total. The summed E-state index contributed by atoms with van der Waals surface area (Å²) < 4.78 is 11.0. The lowest BCUT2D eigenvalue weighted by molar-refractivity contribution is 0.126. The number of aliphatic hydroxyl groups excluding tert-OH is 1. The van der Waals surface area contributed by atoms with Crippen molar-refractivity contribution in [1.29, 1.82) is 0 Å². The zero-order valence-electron chi connectivity index (χ0n) is 13.6. The Balaban J connectivity index is 1.74. The van der Waals surface area contributed by atoms with Crippen molar-refractivity contribution in [3.05, 3.63) is 30.5 Å². The van der Waals surface area contributed by atoms with Crippen LogP contribution in [-0.4, -0.2) is 34.3 Å². The number of nitrogens with zero attached hydrogens (tertiary/aromatic N) is 2. The van der Waals surface area contributed by atoms with Gasteiger partial charge in [-0.15, -0.1) is 0 Å². The Kier molecular flexibility index (Phi) is 5.00. The number of nitrogens with two attached hydrogens (primary N) is 1. The average molecular weight is 330 g/mol. The summed E-state index contributed by atoms with van der Waals surface area (Å²) >= 11 is 0. The second kappa shape index (κ2) is 7.35. The molecule has 24 heavy (non-hydrogen) atoms. The highest BCUT2D eigenvalue weighted by Crippen LogP contribution is 2.31. The van der Waals surface area contributed by atoms with Gasteiger partial charge < -0.3 is 25.6 Å². The van der Waals surface area contributed by atoms with Gasteiger partial charge in [-0.05, 0) is 49.9 Å². The molecule has 2 aromatic rings. The zero-order chi connectivity index (χ0) is 16.9. The fraction of sp³-hybridized carbons (Fsp3) is 0.412. The molecule has 1 heterocycles. The van der Waals surface area contributed by atoms with E-state index in [1.54, 1.807) is 13.3 Å². The molecule has 1 aliphatic rings. The monoisotopic (exact) mass is 330 g/mol. The van der Waals surface area contributed by atoms with E-state index in [9.17, 15) is 5.11 Å². The summed E-state index contributed by atoms with van der Waals surface area (Å²) in [6.45, 7) is 0. The van der Waals surface area contributed by atoms with E-state index < -0.39 is 0 Å². The maximum absolute atomic E-state index is 9.62. The SMILES string of the molecule is COc1ccc(Oc2cnc(N)nc2NC2CCC(O)CC2)cc1. The van der Waals surface area contributed by atoms with E-state index in [1.807, 2.05) is 24.3 Å². The van der Waals surface area contributed by atoms with Gasteiger partial charge in [-0.25, -0.2) is 4.98 Å². The van der Waals surface area contributed by atoms with Crippen LogP contribution >= 0.6 is 0 Å². The van der Waals surface area contributed by atoms with Crippen LogP contribution in [0.5, 0.6) is 17.2 Å². The quantitative estimate of drug-likeness (QED) is 0.774. The second-order valence-electron chi connectivity index (χ2n) is 5.87. The van der Waals surface area contributed by atoms with Crippen LogP contribution in [0.3, 0.4) is 0 Å². The van der Waals surface area contributed by atoms with Gasteiger partial charge in [-0.3, -0.25) is 0 Å². The number of rotatable bonds is 5. The van der Waals surface area contributed by atoms with Crippen molar-refractivity contribution in [2.75, 3.05) is 18.2 Å². The Hall–Kier alpha value is -2.54. The Morgan fingerprint density at radius 3 is 2.46 bits per heavy atom. The maximum atomic E-state index is 9.62. The number of aliphatic hydroxyl groups is 1. The number of hydrogen-bond donors (Lipinski definition) is 3. The molecule has 0 unspecified atom stereocenters. The third-order valence-electron chi connectivity index (χ3n) is 4.10. The molecule has 1 saturated carbocycles. The third kappa shape index (κ3) is 4.05. The van der Waals surface area contributed by atoms with E-state index in [0.717, 1.165) is 31.4 Å². The molecule has 0 amide bonds. The minimum Gasteiger partial charge on any atom is -0.497 e. The van der Waals surface area contributed by atoms with Gasteiger partial charge >= 0.3 is 0 Å². The molecule has 0 spiro atoms. The molecule has 1 aromatic heterocycles. The van der Waals surface area contributed by atoms with E-state index in [2.05, 4.69) is 15.3 Å². The number of anilines is 2. The van der Waals surface area contributed by atoms with Crippen LogP contribution in [0.25, 0.3) is 0 Å². The van der Waals surface area contributed by atoms with Gasteiger partial charge in [0.05, 0.1) is 19.4 Å². The summed E-state index contributed by atoms with van der Waals surface area (Å²) in [6.07, 6.45) is 4.69. The first kappa shape index (κ1) is 16.3. The van der Waals surface area contributed by atoms with Crippen molar-refractivity contribution in [2.24, 2.45) is 0 Å². The average Bonchev–Trinajstić information content (AvgIpc) is 2.60. The van der Waals surface area contributed by atoms with Crippen molar-refractivity contribution in [3.63, 3.8) is 0 Å². The van der Waals surface area contributed by atoms with Gasteiger partial charge in [-0.2, -0.15) is 4.98 Å². The molecule has 7 heteroatoms. The number of nitrogens with one attached hydrogen (secondary N) is 1. The Morgan fingerprint density at radius 1 is 1.12 bits per heavy atom. The summed E-state index contributed by atoms with van der Waals surface area (Å²) in [6, 6.07) is 7.51. The summed E-state index contributed by atoms with van der Waals surface area (Å²) in [4.78, 5) is 8.27. The Bertz CT molecular complexity index is 670. The lowest BCUT2D eigenvalue weighted by Crippen LogP contribution is -2.28. The second-order valence-corrected chi connectivity index (χ2v) is 5.87. The van der Waals surface area contributed by atoms with Crippen LogP contribution in [0.4, 0.5) is 11.8 Å². The van der Waals surface area contributed by atoms with Gasteiger partial charge in [0.2, 0.25) is 5.95 Å². The van der Waals surface area contributed by atoms with Gasteiger partial charge in [0, 0.05) is 6.04 Å². The van der Waals surface area contributed by atoms with E-state index in [0.29, 0.717) is 17.3 Å². The van der Waals surface area contributed by atoms with E-state index >= 15 is 0 Å². The number of methoxy groups -OCH3 is 1. The molecule has 0 radical (unpaired) electrons. The third-order valence-corrected chi connectivity index (χ3v) is 4.10. The predicted molar refractivity (Wildman–Crippen MR) is 91.4 cm³/mol. The molecular formula is C17H22N4O3. The highest BCUT2D eigenvalue weighted by atomic mass is 16.5. The van der Waals surface area contributed by atoms with Crippen LogP contribution < -0.4 is 20.5 Å². The minimum atomic E-state index is -0.200. The lowest BCUT2D eigenvalue weighted by Gasteiger charge is -2.27. The molecule has 0 saturated heterocycles. The number of benzene rings is 1. The lowest BCUT2D eigenvalue weighted by atomic mass is 9.93. The van der Waals surface area contributed by atoms with Gasteiger partial charge in [-0.1, -0.05) is 0 Å². The van der Waals surface area contributed by atoms with Crippen LogP contribution in [0.2, 0.25) is 0 Å². The standard InChI is InChI=1S/C17H22N4O3/c1-23-13-6-8-14(9-7-13)24-15-10-19-17(18)21-16(15)20-11-2-4-12(22)5-3-11/h6-12,22H,2-5H2,1H3,(H3,18,19,20,21). The number of aromatic nitrogens is 2. The van der Waals surface area contributed by atoms with Crippen molar-refractivity contribution < 1.29 is 14.6 Å². The largest absolute Gasteiger partial charge is 0.497 e. The fourth-order valence-electron chi connectivity index (χ4n) is 2.75. The number of nitrogen functional groups attached to an aromatic ring is 1. The number of hydrogen-bond acceptors (Lipinski definition) is 7. The topological polar surface area (TPSA) is 103 Å². The van der Waals surface area contributed by atoms with Crippen LogP contribution in [-0.2, 0) is 0 Å². The van der Waals surface area contributed by atoms with Crippen molar-refractivity contribution in [2.45, 2.75) is 37.8 Å². The fourth-order valence-corrected chi connectivity index (χ4v) is 2.75. The molecule has 4 N–H and O–H groups in total. The molecule has 3 rings (SSSR count). The maximum Gasteiger partial charge on any atom is 0.222 e. The molecule has 1 aliphatic carbocycles. The molecule has 1 aromatic carbocycles. The summed E-state index contributed by atoms with van der Waals surface area (Å²) in [7, 11) is 1.62. The van der Waals surface area contributed by atoms with Gasteiger partial charge in [0.15, 0.2) is 11.6 Å². The van der Waals surface area contributed by atoms with E-state index in [-0.39, 0.29) is 18.1 Å². The smallest absolute Gasteiger partial charge is 0.222 e. The minimum absolute atomic E-state index is 0.190. The molecule has 0 bridgehead atoms. The van der Waals surface area contributed by atoms with Crippen molar-refractivity contribution >= 4 is 11.8 Å². The van der Waals surface area contributed by atoms with Crippen molar-refractivity contribution in [3.8, 4) is 17.2 Å².